The van der Waals surface area contributed by atoms with Crippen molar-refractivity contribution in [1.82, 2.24) is 15.3 Å². The van der Waals surface area contributed by atoms with Crippen molar-refractivity contribution in [2.75, 3.05) is 6.61 Å². The summed E-state index contributed by atoms with van der Waals surface area (Å²) in [6.07, 6.45) is 6.00. The van der Waals surface area contributed by atoms with E-state index in [0.717, 1.165) is 12.2 Å². The van der Waals surface area contributed by atoms with Crippen molar-refractivity contribution in [1.29, 1.82) is 0 Å². The van der Waals surface area contributed by atoms with Gasteiger partial charge in [-0.3, -0.25) is 4.98 Å². The summed E-state index contributed by atoms with van der Waals surface area (Å²) >= 11 is 0. The topological polar surface area (TPSA) is 47.0 Å². The molecule has 0 spiro atoms. The molecule has 0 saturated heterocycles. The van der Waals surface area contributed by atoms with Crippen LogP contribution in [0.15, 0.2) is 12.4 Å². The summed E-state index contributed by atoms with van der Waals surface area (Å²) in [5.74, 6) is 0.614. The average molecular weight is 193 g/mol. The lowest BCUT2D eigenvalue weighted by Gasteiger charge is -2.04. The van der Waals surface area contributed by atoms with E-state index in [0.29, 0.717) is 18.5 Å². The van der Waals surface area contributed by atoms with Crippen molar-refractivity contribution in [3.63, 3.8) is 0 Å². The van der Waals surface area contributed by atoms with Gasteiger partial charge in [-0.1, -0.05) is 0 Å². The second-order valence-electron chi connectivity index (χ2n) is 3.44. The number of hydrogen-bond acceptors (Lipinski definition) is 4. The maximum absolute atomic E-state index is 5.27. The zero-order valence-corrected chi connectivity index (χ0v) is 8.36. The van der Waals surface area contributed by atoms with Crippen LogP contribution < -0.4 is 10.1 Å². The van der Waals surface area contributed by atoms with Gasteiger partial charge in [0.15, 0.2) is 0 Å². The predicted molar refractivity (Wildman–Crippen MR) is 53.1 cm³/mol. The molecule has 1 aromatic heterocycles. The standard InChI is InChI=1S/C10H15N3O/c1-2-14-10-7-11-5-9(13-10)6-12-8-3-4-8/h5,7-8,12H,2-4,6H2,1H3. The minimum atomic E-state index is 0.614. The van der Waals surface area contributed by atoms with E-state index < -0.39 is 0 Å². The van der Waals surface area contributed by atoms with Crippen molar-refractivity contribution >= 4 is 0 Å². The van der Waals surface area contributed by atoms with Crippen LogP contribution >= 0.6 is 0 Å². The Balaban J connectivity index is 1.90. The molecule has 1 aliphatic rings. The Morgan fingerprint density at radius 2 is 2.36 bits per heavy atom. The smallest absolute Gasteiger partial charge is 0.232 e. The molecule has 0 aromatic carbocycles. The fraction of sp³-hybridized carbons (Fsp3) is 0.600. The van der Waals surface area contributed by atoms with E-state index in [4.69, 9.17) is 4.74 Å². The molecule has 0 amide bonds. The van der Waals surface area contributed by atoms with Gasteiger partial charge in [0.25, 0.3) is 0 Å². The summed E-state index contributed by atoms with van der Waals surface area (Å²) < 4.78 is 5.27. The molecule has 1 heterocycles. The molecule has 0 unspecified atom stereocenters. The summed E-state index contributed by atoms with van der Waals surface area (Å²) in [4.78, 5) is 8.39. The molecule has 2 rings (SSSR count). The first kappa shape index (κ1) is 9.40. The highest BCUT2D eigenvalue weighted by molar-refractivity contribution is 5.08. The summed E-state index contributed by atoms with van der Waals surface area (Å²) in [6.45, 7) is 3.36. The molecule has 0 bridgehead atoms. The first-order chi connectivity index (χ1) is 6.88. The Labute approximate surface area is 83.7 Å². The van der Waals surface area contributed by atoms with Crippen LogP contribution in [0.4, 0.5) is 0 Å². The quantitative estimate of drug-likeness (QED) is 0.761. The lowest BCUT2D eigenvalue weighted by Crippen LogP contribution is -2.16. The molecule has 0 atom stereocenters. The fourth-order valence-electron chi connectivity index (χ4n) is 1.23. The van der Waals surface area contributed by atoms with Crippen LogP contribution in [0.1, 0.15) is 25.5 Å². The number of aromatic nitrogens is 2. The van der Waals surface area contributed by atoms with E-state index in [1.807, 2.05) is 6.92 Å². The zero-order valence-electron chi connectivity index (χ0n) is 8.36. The zero-order chi connectivity index (χ0) is 9.80. The summed E-state index contributed by atoms with van der Waals surface area (Å²) in [6, 6.07) is 0.701. The average Bonchev–Trinajstić information content (AvgIpc) is 2.99. The molecule has 1 fully saturated rings. The number of nitrogens with zero attached hydrogens (tertiary/aromatic N) is 2. The molecule has 1 N–H and O–H groups in total. The molecule has 1 aliphatic carbocycles. The van der Waals surface area contributed by atoms with Crippen LogP contribution in [-0.2, 0) is 6.54 Å². The largest absolute Gasteiger partial charge is 0.477 e. The number of ether oxygens (including phenoxy) is 1. The Kier molecular flexibility index (Phi) is 2.93. The van der Waals surface area contributed by atoms with Gasteiger partial charge in [-0.25, -0.2) is 4.98 Å². The van der Waals surface area contributed by atoms with Gasteiger partial charge in [-0.05, 0) is 19.8 Å². The summed E-state index contributed by atoms with van der Waals surface area (Å²) in [5.41, 5.74) is 0.947. The SMILES string of the molecule is CCOc1cncc(CNC2CC2)n1. The molecular weight excluding hydrogens is 178 g/mol. The normalized spacial score (nSPS) is 15.5. The third kappa shape index (κ3) is 2.67. The Morgan fingerprint density at radius 3 is 3.07 bits per heavy atom. The highest BCUT2D eigenvalue weighted by Gasteiger charge is 2.20. The lowest BCUT2D eigenvalue weighted by molar-refractivity contribution is 0.323. The molecule has 1 saturated carbocycles. The van der Waals surface area contributed by atoms with Crippen molar-refractivity contribution in [3.8, 4) is 5.88 Å². The molecule has 14 heavy (non-hydrogen) atoms. The second kappa shape index (κ2) is 4.37. The van der Waals surface area contributed by atoms with Crippen molar-refractivity contribution in [2.45, 2.75) is 32.4 Å². The van der Waals surface area contributed by atoms with E-state index >= 15 is 0 Å². The Bertz CT molecular complexity index is 299. The van der Waals surface area contributed by atoms with Crippen molar-refractivity contribution < 1.29 is 4.74 Å². The maximum Gasteiger partial charge on any atom is 0.232 e. The predicted octanol–water partition coefficient (Wildman–Crippen LogP) is 1.13. The van der Waals surface area contributed by atoms with Gasteiger partial charge in [0, 0.05) is 18.8 Å². The van der Waals surface area contributed by atoms with Gasteiger partial charge in [-0.15, -0.1) is 0 Å². The fourth-order valence-corrected chi connectivity index (χ4v) is 1.23. The molecule has 4 heteroatoms. The van der Waals surface area contributed by atoms with Crippen molar-refractivity contribution in [2.24, 2.45) is 0 Å². The van der Waals surface area contributed by atoms with Crippen LogP contribution in [0.5, 0.6) is 5.88 Å². The molecule has 1 aromatic rings. The minimum absolute atomic E-state index is 0.614. The monoisotopic (exact) mass is 193 g/mol. The van der Waals surface area contributed by atoms with Crippen molar-refractivity contribution in [3.05, 3.63) is 18.1 Å². The second-order valence-corrected chi connectivity index (χ2v) is 3.44. The van der Waals surface area contributed by atoms with Gasteiger partial charge in [0.1, 0.15) is 0 Å². The molecule has 0 radical (unpaired) electrons. The Morgan fingerprint density at radius 1 is 1.50 bits per heavy atom. The molecule has 4 nitrogen and oxygen atoms in total. The molecular formula is C10H15N3O. The Hall–Kier alpha value is -1.16. The lowest BCUT2D eigenvalue weighted by atomic mass is 10.4. The van der Waals surface area contributed by atoms with Crippen LogP contribution in [0, 0.1) is 0 Å². The van der Waals surface area contributed by atoms with Gasteiger partial charge in [-0.2, -0.15) is 0 Å². The maximum atomic E-state index is 5.27. The van der Waals surface area contributed by atoms with E-state index in [-0.39, 0.29) is 0 Å². The number of hydrogen-bond donors (Lipinski definition) is 1. The van der Waals surface area contributed by atoms with E-state index in [9.17, 15) is 0 Å². The van der Waals surface area contributed by atoms with E-state index in [2.05, 4.69) is 15.3 Å². The number of rotatable bonds is 5. The summed E-state index contributed by atoms with van der Waals surface area (Å²) in [7, 11) is 0. The first-order valence-corrected chi connectivity index (χ1v) is 5.05. The number of nitrogens with one attached hydrogen (secondary N) is 1. The molecule has 76 valence electrons. The minimum Gasteiger partial charge on any atom is -0.477 e. The van der Waals surface area contributed by atoms with Gasteiger partial charge >= 0.3 is 0 Å². The van der Waals surface area contributed by atoms with Crippen LogP contribution in [0.2, 0.25) is 0 Å². The van der Waals surface area contributed by atoms with E-state index in [1.165, 1.54) is 12.8 Å². The van der Waals surface area contributed by atoms with Gasteiger partial charge in [0.05, 0.1) is 18.5 Å². The van der Waals surface area contributed by atoms with E-state index in [1.54, 1.807) is 12.4 Å². The van der Waals surface area contributed by atoms with Gasteiger partial charge in [0.2, 0.25) is 5.88 Å². The van der Waals surface area contributed by atoms with Crippen LogP contribution in [0.25, 0.3) is 0 Å². The highest BCUT2D eigenvalue weighted by Crippen LogP contribution is 2.19. The third-order valence-corrected chi connectivity index (χ3v) is 2.10. The van der Waals surface area contributed by atoms with Crippen LogP contribution in [0.3, 0.4) is 0 Å². The first-order valence-electron chi connectivity index (χ1n) is 5.05. The highest BCUT2D eigenvalue weighted by atomic mass is 16.5. The van der Waals surface area contributed by atoms with Gasteiger partial charge < -0.3 is 10.1 Å². The van der Waals surface area contributed by atoms with Crippen LogP contribution in [-0.4, -0.2) is 22.6 Å². The molecule has 0 aliphatic heterocycles. The third-order valence-electron chi connectivity index (χ3n) is 2.10. The summed E-state index contributed by atoms with van der Waals surface area (Å²) in [5, 5.41) is 3.38.